The van der Waals surface area contributed by atoms with Crippen molar-refractivity contribution in [3.63, 3.8) is 0 Å². The summed E-state index contributed by atoms with van der Waals surface area (Å²) in [6.45, 7) is 0. The minimum absolute atomic E-state index is 0.106. The number of thiol groups is 1. The minimum Gasteiger partial charge on any atom is -0.331 e. The maximum absolute atomic E-state index is 12.8. The molecule has 0 unspecified atom stereocenters. The van der Waals surface area contributed by atoms with Gasteiger partial charge in [-0.3, -0.25) is 4.57 Å². The van der Waals surface area contributed by atoms with E-state index in [-0.39, 0.29) is 21.0 Å². The van der Waals surface area contributed by atoms with Crippen LogP contribution in [0.15, 0.2) is 24.5 Å². The fourth-order valence-corrected chi connectivity index (χ4v) is 2.55. The van der Waals surface area contributed by atoms with Gasteiger partial charge in [-0.2, -0.15) is 26.3 Å². The zero-order valence-electron chi connectivity index (χ0n) is 11.2. The van der Waals surface area contributed by atoms with Gasteiger partial charge in [0, 0.05) is 6.07 Å². The Labute approximate surface area is 146 Å². The van der Waals surface area contributed by atoms with Crippen LogP contribution < -0.4 is 4.72 Å². The van der Waals surface area contributed by atoms with Gasteiger partial charge < -0.3 is 4.72 Å². The molecule has 2 rings (SSSR count). The summed E-state index contributed by atoms with van der Waals surface area (Å²) in [5.74, 6) is 0. The van der Waals surface area contributed by atoms with E-state index in [1.807, 2.05) is 0 Å². The predicted octanol–water partition coefficient (Wildman–Crippen LogP) is 5.55. The highest BCUT2D eigenvalue weighted by Crippen LogP contribution is 2.38. The summed E-state index contributed by atoms with van der Waals surface area (Å²) in [6.07, 6.45) is -8.64. The van der Waals surface area contributed by atoms with Crippen LogP contribution in [-0.2, 0) is 12.4 Å². The maximum Gasteiger partial charge on any atom is 0.433 e. The number of halogens is 7. The first-order valence-corrected chi connectivity index (χ1v) is 7.15. The van der Waals surface area contributed by atoms with Gasteiger partial charge in [0.15, 0.2) is 0 Å². The van der Waals surface area contributed by atoms with Crippen LogP contribution in [0.3, 0.4) is 0 Å². The van der Waals surface area contributed by atoms with E-state index in [1.54, 1.807) is 0 Å². The van der Waals surface area contributed by atoms with E-state index >= 15 is 0 Å². The lowest BCUT2D eigenvalue weighted by molar-refractivity contribution is -0.141. The van der Waals surface area contributed by atoms with Gasteiger partial charge >= 0.3 is 12.4 Å². The highest BCUT2D eigenvalue weighted by molar-refractivity contribution is 7.81. The molecule has 0 amide bonds. The van der Waals surface area contributed by atoms with Crippen LogP contribution in [-0.4, -0.2) is 9.55 Å². The molecule has 0 bridgehead atoms. The quantitative estimate of drug-likeness (QED) is 0.390. The number of rotatable bonds is 2. The Morgan fingerprint density at radius 3 is 2.17 bits per heavy atom. The maximum atomic E-state index is 12.8. The largest absolute Gasteiger partial charge is 0.433 e. The highest BCUT2D eigenvalue weighted by atomic mass is 35.5. The van der Waals surface area contributed by atoms with E-state index < -0.39 is 23.6 Å². The SMILES string of the molecule is FC(F)(F)c1cc(Cl)c(-n2cnc(C(F)(F)F)cc2=S)c(NS)c1. The number of nitrogens with zero attached hydrogens (tertiary/aromatic N) is 2. The predicted molar refractivity (Wildman–Crippen MR) is 82.0 cm³/mol. The van der Waals surface area contributed by atoms with E-state index in [1.165, 1.54) is 0 Å². The van der Waals surface area contributed by atoms with Crippen LogP contribution in [0.4, 0.5) is 32.0 Å². The van der Waals surface area contributed by atoms with Gasteiger partial charge in [0.25, 0.3) is 0 Å². The number of benzene rings is 1. The number of anilines is 1. The zero-order valence-corrected chi connectivity index (χ0v) is 13.7. The second-order valence-electron chi connectivity index (χ2n) is 4.44. The van der Waals surface area contributed by atoms with Crippen LogP contribution in [0.5, 0.6) is 0 Å². The standard InChI is InChI=1S/C12H6ClF6N3S2/c13-6-1-5(11(14,15)16)2-7(21-24)10(6)22-4-20-8(3-9(22)23)12(17,18)19/h1-4,21,24H. The van der Waals surface area contributed by atoms with Crippen LogP contribution >= 0.6 is 36.6 Å². The Kier molecular flexibility index (Phi) is 5.07. The lowest BCUT2D eigenvalue weighted by atomic mass is 10.1. The van der Waals surface area contributed by atoms with Crippen molar-refractivity contribution in [2.75, 3.05) is 4.72 Å². The molecule has 0 aliphatic heterocycles. The van der Waals surface area contributed by atoms with Gasteiger partial charge in [0.2, 0.25) is 0 Å². The molecule has 3 nitrogen and oxygen atoms in total. The van der Waals surface area contributed by atoms with Crippen molar-refractivity contribution >= 4 is 42.3 Å². The van der Waals surface area contributed by atoms with Crippen molar-refractivity contribution in [3.05, 3.63) is 45.4 Å². The third-order valence-corrected chi connectivity index (χ3v) is 3.70. The first-order valence-electron chi connectivity index (χ1n) is 5.92. The van der Waals surface area contributed by atoms with Gasteiger partial charge in [-0.1, -0.05) is 36.6 Å². The van der Waals surface area contributed by atoms with Gasteiger partial charge in [-0.05, 0) is 12.1 Å². The molecule has 0 saturated heterocycles. The molecule has 0 spiro atoms. The number of hydrogen-bond donors (Lipinski definition) is 2. The molecule has 12 heteroatoms. The lowest BCUT2D eigenvalue weighted by Crippen LogP contribution is -2.12. The van der Waals surface area contributed by atoms with Crippen LogP contribution in [0.25, 0.3) is 5.69 Å². The lowest BCUT2D eigenvalue weighted by Gasteiger charge is -2.17. The smallest absolute Gasteiger partial charge is 0.331 e. The summed E-state index contributed by atoms with van der Waals surface area (Å²) in [6, 6.07) is 1.91. The van der Waals surface area contributed by atoms with Gasteiger partial charge in [-0.25, -0.2) is 4.98 Å². The number of alkyl halides is 6. The Hall–Kier alpha value is -1.46. The molecule has 0 aliphatic rings. The molecule has 0 saturated carbocycles. The molecule has 0 radical (unpaired) electrons. The monoisotopic (exact) mass is 405 g/mol. The molecule has 2 aromatic rings. The summed E-state index contributed by atoms with van der Waals surface area (Å²) in [5, 5.41) is -0.390. The van der Waals surface area contributed by atoms with Crippen molar-refractivity contribution in [2.24, 2.45) is 0 Å². The number of hydrogen-bond acceptors (Lipinski definition) is 4. The first-order chi connectivity index (χ1) is 10.9. The van der Waals surface area contributed by atoms with Crippen molar-refractivity contribution < 1.29 is 26.3 Å². The number of aromatic nitrogens is 2. The molecule has 1 aromatic heterocycles. The molecule has 130 valence electrons. The zero-order chi connectivity index (χ0) is 18.3. The van der Waals surface area contributed by atoms with Gasteiger partial charge in [0.05, 0.1) is 22.0 Å². The minimum atomic E-state index is -4.71. The van der Waals surface area contributed by atoms with Gasteiger partial charge in [0.1, 0.15) is 16.7 Å². The molecule has 0 atom stereocenters. The first kappa shape index (κ1) is 18.9. The van der Waals surface area contributed by atoms with E-state index in [0.717, 1.165) is 10.9 Å². The van der Waals surface area contributed by atoms with E-state index in [9.17, 15) is 26.3 Å². The van der Waals surface area contributed by atoms with Crippen LogP contribution in [0.1, 0.15) is 11.3 Å². The van der Waals surface area contributed by atoms with Crippen molar-refractivity contribution in [1.82, 2.24) is 9.55 Å². The summed E-state index contributed by atoms with van der Waals surface area (Å²) in [4.78, 5) is 3.21. The third-order valence-electron chi connectivity index (χ3n) is 2.85. The fraction of sp³-hybridized carbons (Fsp3) is 0.167. The van der Waals surface area contributed by atoms with Crippen molar-refractivity contribution in [1.29, 1.82) is 0 Å². The summed E-state index contributed by atoms with van der Waals surface area (Å²) in [5.41, 5.74) is -2.59. The van der Waals surface area contributed by atoms with Gasteiger partial charge in [-0.15, -0.1) is 0 Å². The van der Waals surface area contributed by atoms with E-state index in [0.29, 0.717) is 18.2 Å². The summed E-state index contributed by atoms with van der Waals surface area (Å²) in [7, 11) is 0. The van der Waals surface area contributed by atoms with Crippen molar-refractivity contribution in [3.8, 4) is 5.69 Å². The molecule has 0 aliphatic carbocycles. The van der Waals surface area contributed by atoms with Crippen LogP contribution in [0, 0.1) is 4.64 Å². The third kappa shape index (κ3) is 3.78. The molecular weight excluding hydrogens is 400 g/mol. The van der Waals surface area contributed by atoms with E-state index in [2.05, 4.69) is 22.5 Å². The molecular formula is C12H6ClF6N3S2. The average Bonchev–Trinajstić information content (AvgIpc) is 2.45. The molecule has 1 heterocycles. The Morgan fingerprint density at radius 1 is 1.08 bits per heavy atom. The Balaban J connectivity index is 2.67. The molecule has 1 N–H and O–H groups in total. The Bertz CT molecular complexity index is 831. The topological polar surface area (TPSA) is 29.9 Å². The average molecular weight is 406 g/mol. The van der Waals surface area contributed by atoms with Crippen molar-refractivity contribution in [2.45, 2.75) is 12.4 Å². The fourth-order valence-electron chi connectivity index (χ4n) is 1.82. The molecule has 24 heavy (non-hydrogen) atoms. The normalized spacial score (nSPS) is 12.3. The molecule has 0 fully saturated rings. The summed E-state index contributed by atoms with van der Waals surface area (Å²) < 4.78 is 79.1. The Morgan fingerprint density at radius 2 is 1.71 bits per heavy atom. The highest BCUT2D eigenvalue weighted by Gasteiger charge is 2.34. The second kappa shape index (κ2) is 6.45. The van der Waals surface area contributed by atoms with E-state index in [4.69, 9.17) is 23.8 Å². The van der Waals surface area contributed by atoms with Crippen LogP contribution in [0.2, 0.25) is 5.02 Å². The number of nitrogens with one attached hydrogen (secondary N) is 1. The second-order valence-corrected chi connectivity index (χ2v) is 5.49. The molecule has 1 aromatic carbocycles. The summed E-state index contributed by atoms with van der Waals surface area (Å²) >= 11 is 14.4.